The molecule has 0 spiro atoms. The number of benzene rings is 1. The van der Waals surface area contributed by atoms with Gasteiger partial charge in [-0.05, 0) is 37.6 Å². The molecule has 23 heavy (non-hydrogen) atoms. The predicted octanol–water partition coefficient (Wildman–Crippen LogP) is 3.35. The molecule has 1 saturated heterocycles. The molecule has 1 atom stereocenters. The number of nitrogens with one attached hydrogen (secondary N) is 1. The highest BCUT2D eigenvalue weighted by molar-refractivity contribution is 5.91. The number of carbonyl (C=O) groups excluding carboxylic acids is 1. The Labute approximate surface area is 135 Å². The normalized spacial score (nSPS) is 18.0. The lowest BCUT2D eigenvalue weighted by Crippen LogP contribution is -2.34. The molecule has 1 aromatic carbocycles. The fourth-order valence-electron chi connectivity index (χ4n) is 3.11. The number of anilines is 1. The molecule has 1 aliphatic heterocycles. The van der Waals surface area contributed by atoms with Gasteiger partial charge in [0, 0.05) is 41.8 Å². The molecule has 122 valence electrons. The summed E-state index contributed by atoms with van der Waals surface area (Å²) in [5, 5.41) is 4.26. The Bertz CT molecular complexity index is 744. The number of fused-ring (bicyclic) bond motifs is 1. The number of amides is 1. The van der Waals surface area contributed by atoms with Crippen LogP contribution in [0.4, 0.5) is 10.1 Å². The van der Waals surface area contributed by atoms with Gasteiger partial charge < -0.3 is 10.2 Å². The molecule has 2 heterocycles. The van der Waals surface area contributed by atoms with Crippen LogP contribution >= 0.6 is 0 Å². The Kier molecular flexibility index (Phi) is 4.20. The van der Waals surface area contributed by atoms with Crippen molar-refractivity contribution < 1.29 is 9.18 Å². The first-order chi connectivity index (χ1) is 10.9. The molecule has 0 saturated carbocycles. The average molecular weight is 315 g/mol. The van der Waals surface area contributed by atoms with Crippen molar-refractivity contribution in [1.29, 1.82) is 0 Å². The van der Waals surface area contributed by atoms with Crippen LogP contribution in [-0.4, -0.2) is 34.9 Å². The molecule has 1 aliphatic rings. The summed E-state index contributed by atoms with van der Waals surface area (Å²) in [5.41, 5.74) is 2.55. The number of hydrogen-bond acceptors (Lipinski definition) is 3. The number of nitrogens with zero attached hydrogens (tertiary/aromatic N) is 2. The second-order valence-electron chi connectivity index (χ2n) is 6.54. The summed E-state index contributed by atoms with van der Waals surface area (Å²) in [6.07, 6.45) is 0.899. The third-order valence-electron chi connectivity index (χ3n) is 4.25. The Morgan fingerprint density at radius 2 is 2.17 bits per heavy atom. The Hall–Kier alpha value is -2.17. The summed E-state index contributed by atoms with van der Waals surface area (Å²) in [7, 11) is 0. The van der Waals surface area contributed by atoms with Crippen molar-refractivity contribution in [3.05, 3.63) is 35.8 Å². The van der Waals surface area contributed by atoms with Gasteiger partial charge in [0.15, 0.2) is 0 Å². The summed E-state index contributed by atoms with van der Waals surface area (Å²) in [5.74, 6) is -0.0582. The van der Waals surface area contributed by atoms with Gasteiger partial charge in [-0.15, -0.1) is 0 Å². The molecule has 2 aromatic rings. The van der Waals surface area contributed by atoms with Gasteiger partial charge in [-0.2, -0.15) is 0 Å². The zero-order valence-corrected chi connectivity index (χ0v) is 13.8. The van der Waals surface area contributed by atoms with Crippen LogP contribution in [0, 0.1) is 18.7 Å². The van der Waals surface area contributed by atoms with Gasteiger partial charge in [-0.1, -0.05) is 13.8 Å². The van der Waals surface area contributed by atoms with E-state index in [2.05, 4.69) is 10.3 Å². The first-order valence-corrected chi connectivity index (χ1v) is 8.06. The number of pyridine rings is 1. The Morgan fingerprint density at radius 3 is 2.91 bits per heavy atom. The van der Waals surface area contributed by atoms with Crippen LogP contribution in [-0.2, 0) is 4.79 Å². The Morgan fingerprint density at radius 1 is 1.39 bits per heavy atom. The number of halogens is 1. The minimum Gasteiger partial charge on any atom is -0.380 e. The monoisotopic (exact) mass is 315 g/mol. The first kappa shape index (κ1) is 15.7. The van der Waals surface area contributed by atoms with Crippen LogP contribution in [0.1, 0.15) is 26.0 Å². The number of likely N-dealkylation sites (tertiary alicyclic amines) is 1. The molecule has 3 rings (SSSR count). The van der Waals surface area contributed by atoms with Crippen molar-refractivity contribution in [3.8, 4) is 0 Å². The van der Waals surface area contributed by atoms with E-state index in [1.165, 1.54) is 12.1 Å². The van der Waals surface area contributed by atoms with Crippen LogP contribution < -0.4 is 5.32 Å². The number of rotatable bonds is 3. The molecule has 0 radical (unpaired) electrons. The highest BCUT2D eigenvalue weighted by Gasteiger charge is 2.27. The maximum absolute atomic E-state index is 13.6. The molecule has 0 bridgehead atoms. The summed E-state index contributed by atoms with van der Waals surface area (Å²) in [4.78, 5) is 18.4. The van der Waals surface area contributed by atoms with Gasteiger partial charge >= 0.3 is 0 Å². The minimum atomic E-state index is -0.269. The third kappa shape index (κ3) is 3.28. The highest BCUT2D eigenvalue weighted by Crippen LogP contribution is 2.26. The van der Waals surface area contributed by atoms with Gasteiger partial charge in [0.05, 0.1) is 5.52 Å². The summed E-state index contributed by atoms with van der Waals surface area (Å²) in [6.45, 7) is 7.23. The van der Waals surface area contributed by atoms with E-state index in [0.717, 1.165) is 35.2 Å². The van der Waals surface area contributed by atoms with Crippen LogP contribution in [0.2, 0.25) is 0 Å². The van der Waals surface area contributed by atoms with Crippen molar-refractivity contribution in [2.45, 2.75) is 33.2 Å². The standard InChI is InChI=1S/C18H22FN3O/c1-11(2)18(23)22-7-6-14(10-22)21-17-8-12(3)20-16-5-4-13(19)9-15(16)17/h4-5,8-9,11,14H,6-7,10H2,1-3H3,(H,20,21). The van der Waals surface area contributed by atoms with Gasteiger partial charge in [0.25, 0.3) is 0 Å². The van der Waals surface area contributed by atoms with Crippen molar-refractivity contribution in [2.75, 3.05) is 18.4 Å². The van der Waals surface area contributed by atoms with E-state index in [0.29, 0.717) is 6.54 Å². The Balaban J connectivity index is 1.82. The van der Waals surface area contributed by atoms with E-state index >= 15 is 0 Å². The smallest absolute Gasteiger partial charge is 0.225 e. The average Bonchev–Trinajstić information content (AvgIpc) is 2.95. The van der Waals surface area contributed by atoms with Gasteiger partial charge in [0.1, 0.15) is 5.82 Å². The summed E-state index contributed by atoms with van der Waals surface area (Å²) in [6, 6.07) is 6.76. The second-order valence-corrected chi connectivity index (χ2v) is 6.54. The van der Waals surface area contributed by atoms with Crippen molar-refractivity contribution in [1.82, 2.24) is 9.88 Å². The molecule has 4 nitrogen and oxygen atoms in total. The lowest BCUT2D eigenvalue weighted by molar-refractivity contribution is -0.133. The summed E-state index contributed by atoms with van der Waals surface area (Å²) < 4.78 is 13.6. The lowest BCUT2D eigenvalue weighted by atomic mass is 10.1. The third-order valence-corrected chi connectivity index (χ3v) is 4.25. The van der Waals surface area contributed by atoms with Gasteiger partial charge in [-0.3, -0.25) is 9.78 Å². The molecular weight excluding hydrogens is 293 g/mol. The van der Waals surface area contributed by atoms with E-state index in [4.69, 9.17) is 0 Å². The molecule has 1 amide bonds. The fraction of sp³-hybridized carbons (Fsp3) is 0.444. The second kappa shape index (κ2) is 6.14. The SMILES string of the molecule is Cc1cc(NC2CCN(C(=O)C(C)C)C2)c2cc(F)ccc2n1. The van der Waals surface area contributed by atoms with Crippen molar-refractivity contribution in [2.24, 2.45) is 5.92 Å². The fourth-order valence-corrected chi connectivity index (χ4v) is 3.11. The first-order valence-electron chi connectivity index (χ1n) is 8.06. The van der Waals surface area contributed by atoms with E-state index in [1.807, 2.05) is 31.7 Å². The highest BCUT2D eigenvalue weighted by atomic mass is 19.1. The van der Waals surface area contributed by atoms with E-state index in [1.54, 1.807) is 6.07 Å². The van der Waals surface area contributed by atoms with Crippen LogP contribution in [0.25, 0.3) is 10.9 Å². The molecular formula is C18H22FN3O. The van der Waals surface area contributed by atoms with E-state index in [9.17, 15) is 9.18 Å². The molecule has 1 N–H and O–H groups in total. The molecule has 1 unspecified atom stereocenters. The summed E-state index contributed by atoms with van der Waals surface area (Å²) >= 11 is 0. The molecule has 5 heteroatoms. The minimum absolute atomic E-state index is 0.0202. The van der Waals surface area contributed by atoms with Crippen LogP contribution in [0.15, 0.2) is 24.3 Å². The van der Waals surface area contributed by atoms with Gasteiger partial charge in [0.2, 0.25) is 5.91 Å². The predicted molar refractivity (Wildman–Crippen MR) is 89.9 cm³/mol. The van der Waals surface area contributed by atoms with Crippen LogP contribution in [0.5, 0.6) is 0 Å². The quantitative estimate of drug-likeness (QED) is 0.945. The number of aryl methyl sites for hydroxylation is 1. The van der Waals surface area contributed by atoms with Crippen LogP contribution in [0.3, 0.4) is 0 Å². The van der Waals surface area contributed by atoms with Crippen molar-refractivity contribution in [3.63, 3.8) is 0 Å². The molecule has 0 aliphatic carbocycles. The van der Waals surface area contributed by atoms with E-state index in [-0.39, 0.29) is 23.7 Å². The maximum atomic E-state index is 13.6. The largest absolute Gasteiger partial charge is 0.380 e. The molecule has 1 fully saturated rings. The van der Waals surface area contributed by atoms with Crippen molar-refractivity contribution >= 4 is 22.5 Å². The topological polar surface area (TPSA) is 45.2 Å². The number of hydrogen-bond donors (Lipinski definition) is 1. The maximum Gasteiger partial charge on any atom is 0.225 e. The zero-order valence-electron chi connectivity index (χ0n) is 13.8. The lowest BCUT2D eigenvalue weighted by Gasteiger charge is -2.20. The molecule has 1 aromatic heterocycles. The zero-order chi connectivity index (χ0) is 16.6. The van der Waals surface area contributed by atoms with E-state index < -0.39 is 0 Å². The van der Waals surface area contributed by atoms with Gasteiger partial charge in [-0.25, -0.2) is 4.39 Å². The number of aromatic nitrogens is 1. The number of carbonyl (C=O) groups is 1.